The van der Waals surface area contributed by atoms with Crippen LogP contribution in [0.1, 0.15) is 34.7 Å². The summed E-state index contributed by atoms with van der Waals surface area (Å²) in [5.74, 6) is 0.416. The maximum Gasteiger partial charge on any atom is 0.356 e. The number of rotatable bonds is 6. The maximum atomic E-state index is 12.7. The minimum Gasteiger partial charge on any atom is -0.461 e. The zero-order chi connectivity index (χ0) is 18.5. The van der Waals surface area contributed by atoms with Crippen molar-refractivity contribution in [1.82, 2.24) is 4.40 Å². The first-order chi connectivity index (χ1) is 12.7. The van der Waals surface area contributed by atoms with Gasteiger partial charge in [0, 0.05) is 11.8 Å². The molecule has 0 bridgehead atoms. The third-order valence-electron chi connectivity index (χ3n) is 3.72. The molecule has 134 valence electrons. The molecule has 0 amide bonds. The number of nitrogens with zero attached hydrogens (tertiary/aromatic N) is 1. The number of carbonyl (C=O) groups is 2. The fraction of sp³-hybridized carbons (Fsp3) is 0.200. The van der Waals surface area contributed by atoms with E-state index in [-0.39, 0.29) is 11.1 Å². The van der Waals surface area contributed by atoms with Gasteiger partial charge in [-0.05, 0) is 36.6 Å². The topological polar surface area (TPSA) is 47.8 Å². The van der Waals surface area contributed by atoms with Gasteiger partial charge in [0.05, 0.1) is 21.9 Å². The largest absolute Gasteiger partial charge is 0.461 e. The third-order valence-corrected chi connectivity index (χ3v) is 5.86. The zero-order valence-corrected chi connectivity index (χ0v) is 16.2. The van der Waals surface area contributed by atoms with Crippen molar-refractivity contribution in [1.29, 1.82) is 0 Å². The fourth-order valence-corrected chi connectivity index (χ4v) is 4.69. The summed E-state index contributed by atoms with van der Waals surface area (Å²) < 4.78 is 7.07. The van der Waals surface area contributed by atoms with Crippen molar-refractivity contribution in [2.24, 2.45) is 0 Å². The first-order valence-electron chi connectivity index (χ1n) is 8.37. The smallest absolute Gasteiger partial charge is 0.356 e. The molecule has 0 fully saturated rings. The molecule has 2 aromatic heterocycles. The van der Waals surface area contributed by atoms with Crippen LogP contribution in [0.3, 0.4) is 0 Å². The highest BCUT2D eigenvalue weighted by molar-refractivity contribution is 8.14. The number of benzene rings is 1. The van der Waals surface area contributed by atoms with Crippen molar-refractivity contribution >= 4 is 40.1 Å². The van der Waals surface area contributed by atoms with E-state index >= 15 is 0 Å². The molecule has 6 heteroatoms. The Balaban J connectivity index is 2.13. The number of hydrogen-bond donors (Lipinski definition) is 0. The SMILES string of the molecule is CCOC(=O)c1c(SCC)c(SC(=O)c2ccccc2)c2ccccn12. The van der Waals surface area contributed by atoms with E-state index in [1.165, 1.54) is 0 Å². The highest BCUT2D eigenvalue weighted by Gasteiger charge is 2.26. The number of esters is 1. The fourth-order valence-electron chi connectivity index (χ4n) is 2.65. The van der Waals surface area contributed by atoms with Crippen LogP contribution in [-0.4, -0.2) is 27.8 Å². The molecule has 4 nitrogen and oxygen atoms in total. The quantitative estimate of drug-likeness (QED) is 0.433. The Hall–Kier alpha value is -2.18. The van der Waals surface area contributed by atoms with E-state index in [1.54, 1.807) is 30.8 Å². The van der Waals surface area contributed by atoms with Gasteiger partial charge >= 0.3 is 5.97 Å². The lowest BCUT2D eigenvalue weighted by Crippen LogP contribution is -2.09. The number of thioether (sulfide) groups is 2. The highest BCUT2D eigenvalue weighted by atomic mass is 32.2. The van der Waals surface area contributed by atoms with Gasteiger partial charge in [0.15, 0.2) is 0 Å². The molecule has 0 aliphatic heterocycles. The molecule has 0 saturated heterocycles. The third kappa shape index (κ3) is 3.66. The minimum atomic E-state index is -0.372. The predicted molar refractivity (Wildman–Crippen MR) is 106 cm³/mol. The average Bonchev–Trinajstić information content (AvgIpc) is 2.96. The lowest BCUT2D eigenvalue weighted by molar-refractivity contribution is 0.0513. The van der Waals surface area contributed by atoms with Crippen molar-refractivity contribution in [2.75, 3.05) is 12.4 Å². The first kappa shape index (κ1) is 18.6. The summed E-state index contributed by atoms with van der Waals surface area (Å²) in [5, 5.41) is -0.0460. The Labute approximate surface area is 160 Å². The number of hydrogen-bond acceptors (Lipinski definition) is 5. The van der Waals surface area contributed by atoms with E-state index in [4.69, 9.17) is 4.74 Å². The van der Waals surface area contributed by atoms with Crippen LogP contribution in [0.2, 0.25) is 0 Å². The van der Waals surface area contributed by atoms with Crippen LogP contribution in [0.5, 0.6) is 0 Å². The number of aromatic nitrogens is 1. The summed E-state index contributed by atoms with van der Waals surface area (Å²) in [6.07, 6.45) is 1.83. The standard InChI is InChI=1S/C20H19NO3S2/c1-3-24-19(22)16-18(25-4-2)17(15-12-8-9-13-21(15)16)26-20(23)14-10-6-5-7-11-14/h5-13H,3-4H2,1-2H3. The molecule has 0 aliphatic rings. The summed E-state index contributed by atoms with van der Waals surface area (Å²) in [5.41, 5.74) is 1.95. The molecule has 2 heterocycles. The molecule has 0 saturated carbocycles. The maximum absolute atomic E-state index is 12.7. The van der Waals surface area contributed by atoms with Crippen LogP contribution >= 0.6 is 23.5 Å². The van der Waals surface area contributed by atoms with Gasteiger partial charge in [-0.2, -0.15) is 0 Å². The van der Waals surface area contributed by atoms with Crippen LogP contribution in [0.4, 0.5) is 0 Å². The van der Waals surface area contributed by atoms with Gasteiger partial charge < -0.3 is 9.14 Å². The van der Waals surface area contributed by atoms with Gasteiger partial charge in [-0.3, -0.25) is 4.79 Å². The molecule has 0 radical (unpaired) electrons. The summed E-state index contributed by atoms with van der Waals surface area (Å²) >= 11 is 2.71. The monoisotopic (exact) mass is 385 g/mol. The van der Waals surface area contributed by atoms with E-state index in [0.717, 1.165) is 32.8 Å². The van der Waals surface area contributed by atoms with Gasteiger partial charge in [0.1, 0.15) is 5.69 Å². The van der Waals surface area contributed by atoms with Crippen LogP contribution in [0.25, 0.3) is 5.52 Å². The molecule has 0 spiro atoms. The molecule has 1 aromatic carbocycles. The van der Waals surface area contributed by atoms with Crippen LogP contribution in [-0.2, 0) is 4.74 Å². The Kier molecular flexibility index (Phi) is 6.06. The van der Waals surface area contributed by atoms with Gasteiger partial charge in [-0.25, -0.2) is 4.79 Å². The first-order valence-corrected chi connectivity index (χ1v) is 10.2. The second-order valence-electron chi connectivity index (χ2n) is 5.37. The Morgan fingerprint density at radius 1 is 1.00 bits per heavy atom. The summed E-state index contributed by atoms with van der Waals surface area (Å²) in [7, 11) is 0. The van der Waals surface area contributed by atoms with E-state index in [0.29, 0.717) is 17.9 Å². The highest BCUT2D eigenvalue weighted by Crippen LogP contribution is 2.40. The normalized spacial score (nSPS) is 10.8. The van der Waals surface area contributed by atoms with Crippen molar-refractivity contribution < 1.29 is 14.3 Å². The van der Waals surface area contributed by atoms with Crippen molar-refractivity contribution in [3.8, 4) is 0 Å². The Bertz CT molecular complexity index is 935. The molecule has 0 atom stereocenters. The van der Waals surface area contributed by atoms with Gasteiger partial charge in [0.25, 0.3) is 0 Å². The minimum absolute atomic E-state index is 0.0460. The molecule has 0 aliphatic carbocycles. The Morgan fingerprint density at radius 3 is 2.42 bits per heavy atom. The number of ether oxygens (including phenoxy) is 1. The Morgan fingerprint density at radius 2 is 1.73 bits per heavy atom. The van der Waals surface area contributed by atoms with Crippen molar-refractivity contribution in [2.45, 2.75) is 23.6 Å². The molecular weight excluding hydrogens is 366 g/mol. The van der Waals surface area contributed by atoms with Crippen LogP contribution in [0.15, 0.2) is 64.5 Å². The van der Waals surface area contributed by atoms with Gasteiger partial charge in [0.2, 0.25) is 5.12 Å². The molecule has 3 rings (SSSR count). The molecule has 3 aromatic rings. The second-order valence-corrected chi connectivity index (χ2v) is 7.63. The summed E-state index contributed by atoms with van der Waals surface area (Å²) in [6.45, 7) is 4.12. The zero-order valence-electron chi connectivity index (χ0n) is 14.6. The molecule has 0 N–H and O–H groups in total. The van der Waals surface area contributed by atoms with Crippen LogP contribution in [0, 0.1) is 0 Å². The lowest BCUT2D eigenvalue weighted by Gasteiger charge is -2.06. The van der Waals surface area contributed by atoms with E-state index in [2.05, 4.69) is 0 Å². The van der Waals surface area contributed by atoms with Crippen molar-refractivity contribution in [3.05, 3.63) is 66.0 Å². The van der Waals surface area contributed by atoms with E-state index < -0.39 is 0 Å². The molecule has 26 heavy (non-hydrogen) atoms. The molecular formula is C20H19NO3S2. The van der Waals surface area contributed by atoms with Gasteiger partial charge in [-0.15, -0.1) is 11.8 Å². The van der Waals surface area contributed by atoms with Crippen LogP contribution < -0.4 is 0 Å². The molecule has 0 unspecified atom stereocenters. The van der Waals surface area contributed by atoms with Crippen molar-refractivity contribution in [3.63, 3.8) is 0 Å². The average molecular weight is 386 g/mol. The number of pyridine rings is 1. The van der Waals surface area contributed by atoms with E-state index in [1.807, 2.05) is 53.9 Å². The van der Waals surface area contributed by atoms with E-state index in [9.17, 15) is 9.59 Å². The summed E-state index contributed by atoms with van der Waals surface area (Å²) in [6, 6.07) is 14.9. The lowest BCUT2D eigenvalue weighted by atomic mass is 10.2. The number of carbonyl (C=O) groups excluding carboxylic acids is 2. The summed E-state index contributed by atoms with van der Waals surface area (Å²) in [4.78, 5) is 26.9. The second kappa shape index (κ2) is 8.47. The van der Waals surface area contributed by atoms with Gasteiger partial charge in [-0.1, -0.05) is 43.3 Å². The number of fused-ring (bicyclic) bond motifs is 1. The predicted octanol–water partition coefficient (Wildman–Crippen LogP) is 5.16.